The Labute approximate surface area is 215 Å². The molecule has 0 saturated heterocycles. The van der Waals surface area contributed by atoms with E-state index in [4.69, 9.17) is 0 Å². The molecular weight excluding hydrogens is 498 g/mol. The minimum absolute atomic E-state index is 0.0222. The first kappa shape index (κ1) is 25.4. The summed E-state index contributed by atoms with van der Waals surface area (Å²) in [6.45, 7) is 4.12. The second-order valence-corrected chi connectivity index (χ2v) is 9.44. The predicted molar refractivity (Wildman–Crippen MR) is 136 cm³/mol. The van der Waals surface area contributed by atoms with E-state index in [0.717, 1.165) is 4.57 Å². The zero-order valence-electron chi connectivity index (χ0n) is 21.1. The van der Waals surface area contributed by atoms with Gasteiger partial charge in [0.2, 0.25) is 0 Å². The van der Waals surface area contributed by atoms with Crippen molar-refractivity contribution in [2.45, 2.75) is 46.2 Å². The Morgan fingerprint density at radius 2 is 1.58 bits per heavy atom. The second-order valence-electron chi connectivity index (χ2n) is 9.44. The van der Waals surface area contributed by atoms with Gasteiger partial charge in [0.25, 0.3) is 5.91 Å². The number of imidazole rings is 1. The lowest BCUT2D eigenvalue weighted by atomic mass is 9.99. The van der Waals surface area contributed by atoms with Crippen LogP contribution in [0.4, 0.5) is 17.6 Å². The Morgan fingerprint density at radius 1 is 0.895 bits per heavy atom. The lowest BCUT2D eigenvalue weighted by molar-refractivity contribution is 0.0687. The van der Waals surface area contributed by atoms with Gasteiger partial charge in [0, 0.05) is 5.56 Å². The van der Waals surface area contributed by atoms with Gasteiger partial charge in [0.05, 0.1) is 45.1 Å². The van der Waals surface area contributed by atoms with Crippen molar-refractivity contribution in [2.75, 3.05) is 0 Å². The Bertz CT molecular complexity index is 1670. The van der Waals surface area contributed by atoms with Crippen LogP contribution in [0.3, 0.4) is 0 Å². The largest absolute Gasteiger partial charge is 0.342 e. The van der Waals surface area contributed by atoms with Crippen molar-refractivity contribution < 1.29 is 22.4 Å². The van der Waals surface area contributed by atoms with Crippen LogP contribution in [0.2, 0.25) is 0 Å². The summed E-state index contributed by atoms with van der Waals surface area (Å²) in [6.07, 6.45) is 0. The van der Waals surface area contributed by atoms with Crippen LogP contribution in [-0.2, 0) is 0 Å². The number of carbonyl (C=O) groups excluding carboxylic acids is 1. The van der Waals surface area contributed by atoms with Gasteiger partial charge >= 0.3 is 6.55 Å². The molecule has 0 aliphatic heterocycles. The van der Waals surface area contributed by atoms with Crippen molar-refractivity contribution in [3.8, 4) is 11.1 Å². The molecule has 2 aromatic carbocycles. The van der Waals surface area contributed by atoms with Gasteiger partial charge in [-0.1, -0.05) is 32.0 Å². The van der Waals surface area contributed by atoms with Crippen LogP contribution in [0.5, 0.6) is 0 Å². The predicted octanol–water partition coefficient (Wildman–Crippen LogP) is 6.95. The normalized spacial score (nSPS) is 12.7. The van der Waals surface area contributed by atoms with Gasteiger partial charge in [0.15, 0.2) is 0 Å². The van der Waals surface area contributed by atoms with Gasteiger partial charge in [0.1, 0.15) is 17.5 Å². The molecule has 3 heterocycles. The number of rotatable bonds is 6. The van der Waals surface area contributed by atoms with Crippen LogP contribution in [-0.4, -0.2) is 25.1 Å². The van der Waals surface area contributed by atoms with E-state index in [-0.39, 0.29) is 28.4 Å². The Morgan fingerprint density at radius 3 is 2.24 bits per heavy atom. The van der Waals surface area contributed by atoms with E-state index in [1.165, 1.54) is 22.7 Å². The van der Waals surface area contributed by atoms with Crippen molar-refractivity contribution in [3.63, 3.8) is 0 Å². The van der Waals surface area contributed by atoms with E-state index in [0.29, 0.717) is 28.0 Å². The molecule has 0 bridgehead atoms. The topological polar surface area (TPSA) is 64.2 Å². The number of hydrogen-bond acceptors (Lipinski definition) is 3. The van der Waals surface area contributed by atoms with Crippen LogP contribution >= 0.6 is 0 Å². The van der Waals surface area contributed by atoms with Crippen LogP contribution in [0.1, 0.15) is 66.9 Å². The number of carbonyl (C=O) groups is 1. The second kappa shape index (κ2) is 9.59. The minimum Gasteiger partial charge on any atom is -0.342 e. The highest BCUT2D eigenvalue weighted by atomic mass is 19.3. The summed E-state index contributed by atoms with van der Waals surface area (Å²) in [5.74, 6) is -2.13. The first-order valence-electron chi connectivity index (χ1n) is 12.1. The molecule has 1 N–H and O–H groups in total. The molecule has 0 fully saturated rings. The average Bonchev–Trinajstić information content (AvgIpc) is 3.41. The highest BCUT2D eigenvalue weighted by molar-refractivity contribution is 5.97. The number of aryl methyl sites for hydroxylation is 1. The molecule has 0 spiro atoms. The first-order chi connectivity index (χ1) is 18.1. The number of nitrogens with zero attached hydrogens (tertiary/aromatic N) is 4. The van der Waals surface area contributed by atoms with Gasteiger partial charge in [-0.3, -0.25) is 9.36 Å². The number of benzene rings is 2. The maximum atomic E-state index is 14.7. The molecule has 38 heavy (non-hydrogen) atoms. The molecular formula is C28H25F4N5O. The average molecular weight is 524 g/mol. The highest BCUT2D eigenvalue weighted by Gasteiger charge is 2.27. The van der Waals surface area contributed by atoms with Crippen molar-refractivity contribution >= 4 is 22.5 Å². The van der Waals surface area contributed by atoms with Crippen molar-refractivity contribution in [3.05, 3.63) is 89.0 Å². The van der Waals surface area contributed by atoms with Gasteiger partial charge in [-0.15, -0.1) is 0 Å². The van der Waals surface area contributed by atoms with Gasteiger partial charge < -0.3 is 5.32 Å². The third kappa shape index (κ3) is 4.09. The standard InChI is InChI=1S/C28H25F4N5O/c1-14(2)25-17(12-13-22-23(15(3)35-37(22)25)24-18(29)8-7-9-19(24)30)27(38)33-16(4)26-34-20-10-5-6-11-21(20)36(26)28(31)32/h5-14,16,28H,1-4H3,(H,33,38). The Hall–Kier alpha value is -4.21. The molecule has 6 nitrogen and oxygen atoms in total. The number of fused-ring (bicyclic) bond motifs is 2. The van der Waals surface area contributed by atoms with E-state index in [9.17, 15) is 22.4 Å². The summed E-state index contributed by atoms with van der Waals surface area (Å²) in [6, 6.07) is 12.5. The number of nitrogens with one attached hydrogen (secondary N) is 1. The molecule has 5 rings (SSSR count). The van der Waals surface area contributed by atoms with Gasteiger partial charge in [-0.2, -0.15) is 13.9 Å². The number of hydrogen-bond donors (Lipinski definition) is 1. The fourth-order valence-corrected chi connectivity index (χ4v) is 4.95. The quantitative estimate of drug-likeness (QED) is 0.245. The summed E-state index contributed by atoms with van der Waals surface area (Å²) in [5, 5.41) is 7.31. The van der Waals surface area contributed by atoms with Crippen LogP contribution in [0.25, 0.3) is 27.7 Å². The third-order valence-electron chi connectivity index (χ3n) is 6.57. The van der Waals surface area contributed by atoms with Crippen LogP contribution in [0, 0.1) is 18.6 Å². The summed E-state index contributed by atoms with van der Waals surface area (Å²) in [7, 11) is 0. The summed E-state index contributed by atoms with van der Waals surface area (Å²) in [5.41, 5.74) is 2.39. The van der Waals surface area contributed by atoms with Crippen molar-refractivity contribution in [1.82, 2.24) is 24.5 Å². The molecule has 0 aliphatic carbocycles. The molecule has 0 saturated carbocycles. The fraction of sp³-hybridized carbons (Fsp3) is 0.250. The highest BCUT2D eigenvalue weighted by Crippen LogP contribution is 2.35. The summed E-state index contributed by atoms with van der Waals surface area (Å²) in [4.78, 5) is 17.8. The molecule has 1 unspecified atom stereocenters. The lowest BCUT2D eigenvalue weighted by Gasteiger charge is -2.19. The van der Waals surface area contributed by atoms with E-state index in [1.54, 1.807) is 50.2 Å². The number of para-hydroxylation sites is 2. The number of aromatic nitrogens is 4. The van der Waals surface area contributed by atoms with Crippen LogP contribution in [0.15, 0.2) is 54.6 Å². The fourth-order valence-electron chi connectivity index (χ4n) is 4.95. The maximum Gasteiger partial charge on any atom is 0.320 e. The Balaban J connectivity index is 1.58. The smallest absolute Gasteiger partial charge is 0.320 e. The van der Waals surface area contributed by atoms with Crippen LogP contribution < -0.4 is 5.32 Å². The van der Waals surface area contributed by atoms with Gasteiger partial charge in [-0.05, 0) is 56.2 Å². The maximum absolute atomic E-state index is 14.7. The lowest BCUT2D eigenvalue weighted by Crippen LogP contribution is -2.30. The first-order valence-corrected chi connectivity index (χ1v) is 12.1. The molecule has 3 aromatic heterocycles. The molecule has 5 aromatic rings. The van der Waals surface area contributed by atoms with Crippen molar-refractivity contribution in [1.29, 1.82) is 0 Å². The van der Waals surface area contributed by atoms with Gasteiger partial charge in [-0.25, -0.2) is 18.3 Å². The number of amides is 1. The van der Waals surface area contributed by atoms with E-state index in [1.807, 2.05) is 13.8 Å². The number of alkyl halides is 2. The monoisotopic (exact) mass is 523 g/mol. The zero-order chi connectivity index (χ0) is 27.3. The SMILES string of the molecule is Cc1nn2c(C(C)C)c(C(=O)NC(C)c3nc4ccccc4n3C(F)F)ccc2c1-c1c(F)cccc1F. The van der Waals surface area contributed by atoms with E-state index in [2.05, 4.69) is 15.4 Å². The molecule has 0 radical (unpaired) electrons. The Kier molecular flexibility index (Phi) is 6.42. The zero-order valence-corrected chi connectivity index (χ0v) is 21.1. The molecule has 1 atom stereocenters. The van der Waals surface area contributed by atoms with Crippen molar-refractivity contribution in [2.24, 2.45) is 0 Å². The third-order valence-corrected chi connectivity index (χ3v) is 6.57. The minimum atomic E-state index is -2.84. The number of pyridine rings is 1. The van der Waals surface area contributed by atoms with E-state index >= 15 is 0 Å². The summed E-state index contributed by atoms with van der Waals surface area (Å²) >= 11 is 0. The molecule has 10 heteroatoms. The number of halogens is 4. The molecule has 196 valence electrons. The van der Waals surface area contributed by atoms with E-state index < -0.39 is 30.1 Å². The molecule has 1 amide bonds. The summed E-state index contributed by atoms with van der Waals surface area (Å²) < 4.78 is 59.5. The molecule has 0 aliphatic rings.